The van der Waals surface area contributed by atoms with E-state index in [-0.39, 0.29) is 17.4 Å². The van der Waals surface area contributed by atoms with Crippen molar-refractivity contribution in [3.63, 3.8) is 0 Å². The molecule has 0 atom stereocenters. The molecule has 3 aromatic carbocycles. The molecule has 10 heteroatoms. The molecule has 4 aromatic rings. The number of rotatable bonds is 8. The number of hydrogen-bond donors (Lipinski definition) is 3. The van der Waals surface area contributed by atoms with E-state index in [2.05, 4.69) is 20.5 Å². The molecule has 1 aliphatic heterocycles. The van der Waals surface area contributed by atoms with E-state index in [1.54, 1.807) is 67.6 Å². The maximum absolute atomic E-state index is 13.3. The minimum absolute atomic E-state index is 0.102. The quantitative estimate of drug-likeness (QED) is 0.257. The lowest BCUT2D eigenvalue weighted by atomic mass is 10.1. The Bertz CT molecular complexity index is 1720. The first-order chi connectivity index (χ1) is 20.2. The van der Waals surface area contributed by atoms with Gasteiger partial charge in [0.25, 0.3) is 5.91 Å². The second-order valence-corrected chi connectivity index (χ2v) is 10.1. The van der Waals surface area contributed by atoms with Gasteiger partial charge in [-0.15, -0.1) is 0 Å². The molecule has 0 aliphatic carbocycles. The maximum atomic E-state index is 13.3. The number of fused-ring (bicyclic) bond motifs is 2. The molecule has 0 fully saturated rings. The predicted octanol–water partition coefficient (Wildman–Crippen LogP) is 5.05. The first-order valence-electron chi connectivity index (χ1n) is 13.5. The number of Topliss-reactive ketones (excluding diaryl/α,β-unsaturated/α-hetero) is 1. The van der Waals surface area contributed by atoms with Gasteiger partial charge in [0, 0.05) is 66.3 Å². The molecule has 0 saturated heterocycles. The van der Waals surface area contributed by atoms with Crippen LogP contribution in [-0.4, -0.2) is 61.5 Å². The summed E-state index contributed by atoms with van der Waals surface area (Å²) in [5.41, 5.74) is 4.72. The summed E-state index contributed by atoms with van der Waals surface area (Å²) in [4.78, 5) is 40.2. The van der Waals surface area contributed by atoms with E-state index in [1.165, 1.54) is 0 Å². The second kappa shape index (κ2) is 11.8. The number of urea groups is 1. The van der Waals surface area contributed by atoms with Gasteiger partial charge in [-0.1, -0.05) is 0 Å². The Morgan fingerprint density at radius 3 is 2.45 bits per heavy atom. The van der Waals surface area contributed by atoms with Crippen molar-refractivity contribution in [1.82, 2.24) is 14.8 Å². The highest BCUT2D eigenvalue weighted by molar-refractivity contribution is 6.16. The van der Waals surface area contributed by atoms with Crippen LogP contribution in [0.2, 0.25) is 0 Å². The Kier molecular flexibility index (Phi) is 7.99. The number of amides is 3. The van der Waals surface area contributed by atoms with E-state index in [9.17, 15) is 14.4 Å². The molecule has 2 heterocycles. The summed E-state index contributed by atoms with van der Waals surface area (Å²) in [6, 6.07) is 16.9. The molecule has 0 spiro atoms. The molecule has 0 saturated carbocycles. The molecule has 1 aliphatic rings. The van der Waals surface area contributed by atoms with Crippen molar-refractivity contribution in [2.45, 2.75) is 6.92 Å². The Hall–Kier alpha value is -5.09. The van der Waals surface area contributed by atoms with Crippen LogP contribution in [0.3, 0.4) is 0 Å². The predicted molar refractivity (Wildman–Crippen MR) is 164 cm³/mol. The van der Waals surface area contributed by atoms with E-state index in [1.807, 2.05) is 39.2 Å². The number of likely N-dealkylation sites (N-methyl/N-ethyl adjacent to an activating group) is 2. The molecule has 216 valence electrons. The topological polar surface area (TPSA) is 114 Å². The Morgan fingerprint density at radius 1 is 1.02 bits per heavy atom. The number of methoxy groups -OCH3 is 1. The molecule has 42 heavy (non-hydrogen) atoms. The molecular weight excluding hydrogens is 534 g/mol. The van der Waals surface area contributed by atoms with Crippen molar-refractivity contribution >= 4 is 46.1 Å². The highest BCUT2D eigenvalue weighted by atomic mass is 16.5. The fraction of sp³-hybridized carbons (Fsp3) is 0.219. The molecule has 0 bridgehead atoms. The number of ether oxygens (including phenoxy) is 2. The van der Waals surface area contributed by atoms with Crippen molar-refractivity contribution in [1.29, 1.82) is 0 Å². The summed E-state index contributed by atoms with van der Waals surface area (Å²) < 4.78 is 13.4. The number of anilines is 2. The summed E-state index contributed by atoms with van der Waals surface area (Å²) in [7, 11) is 7.16. The molecule has 0 radical (unpaired) electrons. The monoisotopic (exact) mass is 567 g/mol. The number of benzene rings is 3. The van der Waals surface area contributed by atoms with Gasteiger partial charge in [0.1, 0.15) is 11.5 Å². The van der Waals surface area contributed by atoms with Crippen LogP contribution in [0.1, 0.15) is 32.0 Å². The summed E-state index contributed by atoms with van der Waals surface area (Å²) in [6.07, 6.45) is 1.76. The van der Waals surface area contributed by atoms with Gasteiger partial charge < -0.3 is 34.9 Å². The SMILES string of the molecule is CNCCN(C)C(=O)c1ccc(NC(=O)Nc2ccc3c(c2)C(=O)/C(=C/c2c(C)n(C)c4ccc(OC)cc24)O3)cc1. The van der Waals surface area contributed by atoms with Crippen LogP contribution in [-0.2, 0) is 7.05 Å². The summed E-state index contributed by atoms with van der Waals surface area (Å²) >= 11 is 0. The molecule has 0 unspecified atom stereocenters. The number of nitrogens with zero attached hydrogens (tertiary/aromatic N) is 2. The zero-order valence-electron chi connectivity index (χ0n) is 24.2. The van der Waals surface area contributed by atoms with E-state index in [0.717, 1.165) is 27.9 Å². The van der Waals surface area contributed by atoms with Crippen LogP contribution in [0, 0.1) is 6.92 Å². The van der Waals surface area contributed by atoms with E-state index >= 15 is 0 Å². The normalized spacial score (nSPS) is 13.2. The number of carbonyl (C=O) groups is 3. The lowest BCUT2D eigenvalue weighted by molar-refractivity contribution is 0.0796. The number of allylic oxidation sites excluding steroid dienone is 1. The number of aromatic nitrogens is 1. The molecule has 3 N–H and O–H groups in total. The number of nitrogens with one attached hydrogen (secondary N) is 3. The van der Waals surface area contributed by atoms with Gasteiger partial charge in [-0.2, -0.15) is 0 Å². The van der Waals surface area contributed by atoms with Gasteiger partial charge in [0.05, 0.1) is 12.7 Å². The third kappa shape index (κ3) is 5.57. The van der Waals surface area contributed by atoms with E-state index in [4.69, 9.17) is 9.47 Å². The Morgan fingerprint density at radius 2 is 1.74 bits per heavy atom. The summed E-state index contributed by atoms with van der Waals surface area (Å²) in [6.45, 7) is 3.27. The number of ketones is 1. The van der Waals surface area contributed by atoms with Crippen molar-refractivity contribution < 1.29 is 23.9 Å². The zero-order valence-corrected chi connectivity index (χ0v) is 24.2. The minimum Gasteiger partial charge on any atom is -0.497 e. The van der Waals surface area contributed by atoms with Crippen molar-refractivity contribution in [2.75, 3.05) is 44.9 Å². The molecule has 5 rings (SSSR count). The van der Waals surface area contributed by atoms with Gasteiger partial charge in [-0.3, -0.25) is 9.59 Å². The smallest absolute Gasteiger partial charge is 0.323 e. The number of hydrogen-bond acceptors (Lipinski definition) is 6. The Balaban J connectivity index is 1.28. The van der Waals surface area contributed by atoms with Crippen LogP contribution in [0.15, 0.2) is 66.4 Å². The van der Waals surface area contributed by atoms with Crippen LogP contribution in [0.25, 0.3) is 17.0 Å². The number of carbonyl (C=O) groups excluding carboxylic acids is 3. The third-order valence-electron chi connectivity index (χ3n) is 7.38. The summed E-state index contributed by atoms with van der Waals surface area (Å²) in [5, 5.41) is 9.47. The lowest BCUT2D eigenvalue weighted by Gasteiger charge is -2.17. The highest BCUT2D eigenvalue weighted by Gasteiger charge is 2.29. The van der Waals surface area contributed by atoms with Crippen molar-refractivity contribution in [2.24, 2.45) is 7.05 Å². The van der Waals surface area contributed by atoms with Gasteiger partial charge in [-0.05, 0) is 80.7 Å². The second-order valence-electron chi connectivity index (χ2n) is 10.1. The van der Waals surface area contributed by atoms with Crippen LogP contribution in [0.5, 0.6) is 11.5 Å². The van der Waals surface area contributed by atoms with Crippen LogP contribution in [0.4, 0.5) is 16.2 Å². The van der Waals surface area contributed by atoms with Gasteiger partial charge in [0.2, 0.25) is 5.78 Å². The third-order valence-corrected chi connectivity index (χ3v) is 7.38. The van der Waals surface area contributed by atoms with E-state index < -0.39 is 6.03 Å². The standard InChI is InChI=1S/C32H33N5O5/c1-19-24(25-17-23(41-5)11-12-27(25)37(19)4)18-29-30(38)26-16-22(10-13-28(26)42-29)35-32(40)34-21-8-6-20(7-9-21)31(39)36(3)15-14-33-2/h6-13,16-18,33H,14-15H2,1-5H3,(H2,34,35,40)/b29-18-. The number of aryl methyl sites for hydroxylation is 1. The van der Waals surface area contributed by atoms with E-state index in [0.29, 0.717) is 41.3 Å². The highest BCUT2D eigenvalue weighted by Crippen LogP contribution is 2.36. The average molecular weight is 568 g/mol. The first-order valence-corrected chi connectivity index (χ1v) is 13.5. The average Bonchev–Trinajstić information content (AvgIpc) is 3.43. The van der Waals surface area contributed by atoms with Crippen molar-refractivity contribution in [3.05, 3.63) is 88.8 Å². The minimum atomic E-state index is -0.484. The van der Waals surface area contributed by atoms with Gasteiger partial charge in [-0.25, -0.2) is 4.79 Å². The summed E-state index contributed by atoms with van der Waals surface area (Å²) in [5.74, 6) is 0.980. The van der Waals surface area contributed by atoms with Crippen molar-refractivity contribution in [3.8, 4) is 11.5 Å². The molecule has 3 amide bonds. The first kappa shape index (κ1) is 28.4. The molecule has 1 aromatic heterocycles. The van der Waals surface area contributed by atoms with Gasteiger partial charge in [0.15, 0.2) is 5.76 Å². The maximum Gasteiger partial charge on any atom is 0.323 e. The zero-order chi connectivity index (χ0) is 30.0. The molecular formula is C32H33N5O5. The molecule has 10 nitrogen and oxygen atoms in total. The van der Waals surface area contributed by atoms with Gasteiger partial charge >= 0.3 is 6.03 Å². The van der Waals surface area contributed by atoms with Crippen LogP contribution >= 0.6 is 0 Å². The fourth-order valence-corrected chi connectivity index (χ4v) is 4.88. The van der Waals surface area contributed by atoms with Crippen LogP contribution < -0.4 is 25.4 Å². The Labute approximate surface area is 243 Å². The lowest BCUT2D eigenvalue weighted by Crippen LogP contribution is -2.32. The largest absolute Gasteiger partial charge is 0.497 e. The fourth-order valence-electron chi connectivity index (χ4n) is 4.88.